The molecular formula is C16H26N2O. The maximum absolute atomic E-state index is 5.54. The molecule has 0 aliphatic carbocycles. The zero-order chi connectivity index (χ0) is 13.7. The molecule has 1 aliphatic heterocycles. The Kier molecular flexibility index (Phi) is 4.83. The summed E-state index contributed by atoms with van der Waals surface area (Å²) in [6.45, 7) is 11.3. The molecule has 1 heterocycles. The molecule has 19 heavy (non-hydrogen) atoms. The molecule has 2 rings (SSSR count). The van der Waals surface area contributed by atoms with Gasteiger partial charge in [-0.15, -0.1) is 0 Å². The molecule has 1 saturated heterocycles. The molecular weight excluding hydrogens is 236 g/mol. The topological polar surface area (TPSA) is 24.5 Å². The van der Waals surface area contributed by atoms with Crippen molar-refractivity contribution in [2.45, 2.75) is 39.3 Å². The fourth-order valence-electron chi connectivity index (χ4n) is 2.32. The lowest BCUT2D eigenvalue weighted by Crippen LogP contribution is -2.36. The van der Waals surface area contributed by atoms with Gasteiger partial charge in [-0.2, -0.15) is 0 Å². The van der Waals surface area contributed by atoms with E-state index in [9.17, 15) is 0 Å². The fraction of sp³-hybridized carbons (Fsp3) is 0.625. The van der Waals surface area contributed by atoms with Gasteiger partial charge in [-0.05, 0) is 38.8 Å². The van der Waals surface area contributed by atoms with Gasteiger partial charge in [0.1, 0.15) is 0 Å². The summed E-state index contributed by atoms with van der Waals surface area (Å²) < 4.78 is 5.54. The Labute approximate surface area is 116 Å². The van der Waals surface area contributed by atoms with E-state index < -0.39 is 0 Å². The van der Waals surface area contributed by atoms with E-state index in [1.54, 1.807) is 0 Å². The van der Waals surface area contributed by atoms with Crippen LogP contribution in [0.4, 0.5) is 5.69 Å². The van der Waals surface area contributed by atoms with Gasteiger partial charge < -0.3 is 15.0 Å². The molecule has 0 spiro atoms. The van der Waals surface area contributed by atoms with Crippen LogP contribution < -0.4 is 10.2 Å². The van der Waals surface area contributed by atoms with E-state index in [0.29, 0.717) is 0 Å². The minimum atomic E-state index is 0.148. The predicted molar refractivity (Wildman–Crippen MR) is 80.7 cm³/mol. The van der Waals surface area contributed by atoms with E-state index in [-0.39, 0.29) is 5.54 Å². The summed E-state index contributed by atoms with van der Waals surface area (Å²) in [6.07, 6.45) is 1.11. The van der Waals surface area contributed by atoms with Crippen molar-refractivity contribution >= 4 is 5.69 Å². The molecule has 0 atom stereocenters. The Balaban J connectivity index is 2.10. The van der Waals surface area contributed by atoms with E-state index in [4.69, 9.17) is 4.74 Å². The maximum atomic E-state index is 5.54. The standard InChI is InChI=1S/C16H26N2O/c1-16(2,3)17-13-14-7-4-5-8-15(14)18-9-6-11-19-12-10-18/h4-5,7-8,17H,6,9-13H2,1-3H3. The second-order valence-corrected chi connectivity index (χ2v) is 6.19. The summed E-state index contributed by atoms with van der Waals surface area (Å²) in [7, 11) is 0. The van der Waals surface area contributed by atoms with Gasteiger partial charge in [0.25, 0.3) is 0 Å². The zero-order valence-corrected chi connectivity index (χ0v) is 12.4. The van der Waals surface area contributed by atoms with Gasteiger partial charge in [0, 0.05) is 37.5 Å². The number of para-hydroxylation sites is 1. The van der Waals surface area contributed by atoms with Gasteiger partial charge in [0.15, 0.2) is 0 Å². The van der Waals surface area contributed by atoms with E-state index >= 15 is 0 Å². The number of hydrogen-bond donors (Lipinski definition) is 1. The first-order valence-electron chi connectivity index (χ1n) is 7.22. The third-order valence-corrected chi connectivity index (χ3v) is 3.36. The van der Waals surface area contributed by atoms with E-state index in [0.717, 1.165) is 39.3 Å². The Morgan fingerprint density at radius 2 is 1.95 bits per heavy atom. The molecule has 0 aromatic heterocycles. The van der Waals surface area contributed by atoms with Gasteiger partial charge in [-0.3, -0.25) is 0 Å². The van der Waals surface area contributed by atoms with Crippen LogP contribution in [0.1, 0.15) is 32.8 Å². The van der Waals surface area contributed by atoms with Gasteiger partial charge in [0.05, 0.1) is 6.61 Å². The van der Waals surface area contributed by atoms with E-state index in [1.165, 1.54) is 11.3 Å². The minimum Gasteiger partial charge on any atom is -0.380 e. The van der Waals surface area contributed by atoms with Crippen LogP contribution in [0.15, 0.2) is 24.3 Å². The highest BCUT2D eigenvalue weighted by Gasteiger charge is 2.15. The lowest BCUT2D eigenvalue weighted by Gasteiger charge is -2.27. The highest BCUT2D eigenvalue weighted by molar-refractivity contribution is 5.53. The molecule has 1 aliphatic rings. The average Bonchev–Trinajstić information content (AvgIpc) is 2.64. The Morgan fingerprint density at radius 1 is 1.16 bits per heavy atom. The Hall–Kier alpha value is -1.06. The van der Waals surface area contributed by atoms with Crippen molar-refractivity contribution in [3.05, 3.63) is 29.8 Å². The number of anilines is 1. The van der Waals surface area contributed by atoms with Crippen molar-refractivity contribution in [2.24, 2.45) is 0 Å². The second-order valence-electron chi connectivity index (χ2n) is 6.19. The smallest absolute Gasteiger partial charge is 0.0641 e. The molecule has 3 heteroatoms. The summed E-state index contributed by atoms with van der Waals surface area (Å²) >= 11 is 0. The third kappa shape index (κ3) is 4.51. The molecule has 0 saturated carbocycles. The van der Waals surface area contributed by atoms with Crippen molar-refractivity contribution in [3.8, 4) is 0 Å². The van der Waals surface area contributed by atoms with Crippen LogP contribution in [0.2, 0.25) is 0 Å². The summed E-state index contributed by atoms with van der Waals surface area (Å²) in [5, 5.41) is 3.58. The lowest BCUT2D eigenvalue weighted by atomic mass is 10.1. The average molecular weight is 262 g/mol. The van der Waals surface area contributed by atoms with E-state index in [2.05, 4.69) is 55.3 Å². The van der Waals surface area contributed by atoms with Crippen molar-refractivity contribution in [3.63, 3.8) is 0 Å². The van der Waals surface area contributed by atoms with Gasteiger partial charge >= 0.3 is 0 Å². The third-order valence-electron chi connectivity index (χ3n) is 3.36. The van der Waals surface area contributed by atoms with Gasteiger partial charge in [0.2, 0.25) is 0 Å². The largest absolute Gasteiger partial charge is 0.380 e. The first kappa shape index (κ1) is 14.4. The number of nitrogens with zero attached hydrogens (tertiary/aromatic N) is 1. The molecule has 1 aromatic carbocycles. The first-order valence-corrected chi connectivity index (χ1v) is 7.22. The quantitative estimate of drug-likeness (QED) is 0.906. The highest BCUT2D eigenvalue weighted by atomic mass is 16.5. The van der Waals surface area contributed by atoms with Crippen LogP contribution in [-0.2, 0) is 11.3 Å². The van der Waals surface area contributed by atoms with Crippen LogP contribution in [0.25, 0.3) is 0 Å². The summed E-state index contributed by atoms with van der Waals surface area (Å²) in [4.78, 5) is 2.45. The number of benzene rings is 1. The SMILES string of the molecule is CC(C)(C)NCc1ccccc1N1CCCOCC1. The molecule has 3 nitrogen and oxygen atoms in total. The number of rotatable bonds is 3. The predicted octanol–water partition coefficient (Wildman–Crippen LogP) is 2.80. The number of ether oxygens (including phenoxy) is 1. The van der Waals surface area contributed by atoms with Crippen molar-refractivity contribution in [1.29, 1.82) is 0 Å². The minimum absolute atomic E-state index is 0.148. The highest BCUT2D eigenvalue weighted by Crippen LogP contribution is 2.22. The van der Waals surface area contributed by atoms with Crippen LogP contribution in [0.5, 0.6) is 0 Å². The maximum Gasteiger partial charge on any atom is 0.0641 e. The van der Waals surface area contributed by atoms with Gasteiger partial charge in [-0.25, -0.2) is 0 Å². The van der Waals surface area contributed by atoms with Crippen molar-refractivity contribution in [2.75, 3.05) is 31.2 Å². The molecule has 1 aromatic rings. The van der Waals surface area contributed by atoms with Crippen molar-refractivity contribution < 1.29 is 4.74 Å². The number of hydrogen-bond acceptors (Lipinski definition) is 3. The molecule has 0 amide bonds. The molecule has 0 radical (unpaired) electrons. The normalized spacial score (nSPS) is 17.3. The summed E-state index contributed by atoms with van der Waals surface area (Å²) in [6, 6.07) is 8.70. The molecule has 0 bridgehead atoms. The Morgan fingerprint density at radius 3 is 2.74 bits per heavy atom. The molecule has 1 N–H and O–H groups in total. The van der Waals surface area contributed by atoms with Crippen LogP contribution >= 0.6 is 0 Å². The number of nitrogens with one attached hydrogen (secondary N) is 1. The molecule has 1 fully saturated rings. The second kappa shape index (κ2) is 6.40. The fourth-order valence-corrected chi connectivity index (χ4v) is 2.32. The Bertz CT molecular complexity index is 390. The van der Waals surface area contributed by atoms with Crippen molar-refractivity contribution in [1.82, 2.24) is 5.32 Å². The van der Waals surface area contributed by atoms with Crippen LogP contribution in [0.3, 0.4) is 0 Å². The van der Waals surface area contributed by atoms with Crippen LogP contribution in [0, 0.1) is 0 Å². The van der Waals surface area contributed by atoms with E-state index in [1.807, 2.05) is 0 Å². The molecule has 106 valence electrons. The first-order chi connectivity index (χ1) is 9.06. The van der Waals surface area contributed by atoms with Gasteiger partial charge in [-0.1, -0.05) is 18.2 Å². The summed E-state index contributed by atoms with van der Waals surface area (Å²) in [5.74, 6) is 0. The lowest BCUT2D eigenvalue weighted by molar-refractivity contribution is 0.152. The monoisotopic (exact) mass is 262 g/mol. The molecule has 0 unspecified atom stereocenters. The van der Waals surface area contributed by atoms with Crippen LogP contribution in [-0.4, -0.2) is 31.8 Å². The zero-order valence-electron chi connectivity index (χ0n) is 12.4. The summed E-state index contributed by atoms with van der Waals surface area (Å²) in [5.41, 5.74) is 2.87.